The maximum Gasteiger partial charge on any atom is 0.264 e. The predicted octanol–water partition coefficient (Wildman–Crippen LogP) is 5.00. The molecule has 0 radical (unpaired) electrons. The number of nitrogens with one attached hydrogen (secondary N) is 1. The van der Waals surface area contributed by atoms with Gasteiger partial charge in [-0.05, 0) is 61.4 Å². The Morgan fingerprint density at radius 2 is 2.00 bits per heavy atom. The lowest BCUT2D eigenvalue weighted by molar-refractivity contribution is -0.121. The lowest BCUT2D eigenvalue weighted by atomic mass is 10.0. The first-order chi connectivity index (χ1) is 12.0. The van der Waals surface area contributed by atoms with E-state index in [1.54, 1.807) is 23.1 Å². The van der Waals surface area contributed by atoms with Crippen molar-refractivity contribution in [3.05, 3.63) is 50.1 Å². The van der Waals surface area contributed by atoms with Gasteiger partial charge in [0.1, 0.15) is 6.04 Å². The number of nitrogens with zero attached hydrogens (tertiary/aromatic N) is 1. The predicted molar refractivity (Wildman–Crippen MR) is 103 cm³/mol. The van der Waals surface area contributed by atoms with Gasteiger partial charge in [0, 0.05) is 12.2 Å². The summed E-state index contributed by atoms with van der Waals surface area (Å²) >= 11 is 13.3. The number of piperidine rings is 1. The third-order valence-electron chi connectivity index (χ3n) is 4.31. The van der Waals surface area contributed by atoms with Gasteiger partial charge in [0.15, 0.2) is 0 Å². The normalized spacial score (nSPS) is 17.4. The minimum atomic E-state index is -0.475. The molecule has 1 saturated heterocycles. The van der Waals surface area contributed by atoms with E-state index in [0.29, 0.717) is 33.6 Å². The van der Waals surface area contributed by atoms with E-state index in [1.165, 1.54) is 11.3 Å². The Bertz CT molecular complexity index is 806. The molecular formula is C18H18Cl2N2O2S. The van der Waals surface area contributed by atoms with E-state index in [-0.39, 0.29) is 11.8 Å². The number of carbonyl (C=O) groups is 2. The van der Waals surface area contributed by atoms with Gasteiger partial charge in [0.2, 0.25) is 5.91 Å². The summed E-state index contributed by atoms with van der Waals surface area (Å²) in [5.74, 6) is -0.262. The Morgan fingerprint density at radius 3 is 2.68 bits per heavy atom. The van der Waals surface area contributed by atoms with Gasteiger partial charge in [-0.3, -0.25) is 9.59 Å². The summed E-state index contributed by atoms with van der Waals surface area (Å²) in [5, 5.41) is 5.56. The maximum absolute atomic E-state index is 12.9. The number of halogens is 2. The first kappa shape index (κ1) is 18.2. The molecule has 0 bridgehead atoms. The summed E-state index contributed by atoms with van der Waals surface area (Å²) in [6.45, 7) is 2.51. The number of hydrogen-bond acceptors (Lipinski definition) is 3. The number of thiophene rings is 1. The van der Waals surface area contributed by atoms with Gasteiger partial charge < -0.3 is 10.2 Å². The van der Waals surface area contributed by atoms with E-state index in [9.17, 15) is 9.59 Å². The van der Waals surface area contributed by atoms with E-state index in [2.05, 4.69) is 5.32 Å². The van der Waals surface area contributed by atoms with Crippen LogP contribution in [0.25, 0.3) is 0 Å². The Morgan fingerprint density at radius 1 is 1.20 bits per heavy atom. The zero-order valence-electron chi connectivity index (χ0n) is 13.7. The molecule has 1 aromatic heterocycles. The maximum atomic E-state index is 12.9. The highest BCUT2D eigenvalue weighted by atomic mass is 35.5. The summed E-state index contributed by atoms with van der Waals surface area (Å²) in [4.78, 5) is 28.0. The second kappa shape index (κ2) is 7.77. The fourth-order valence-corrected chi connectivity index (χ4v) is 4.15. The van der Waals surface area contributed by atoms with Gasteiger partial charge in [-0.1, -0.05) is 23.2 Å². The van der Waals surface area contributed by atoms with Crippen LogP contribution in [0.15, 0.2) is 29.6 Å². The summed E-state index contributed by atoms with van der Waals surface area (Å²) in [6, 6.07) is 6.40. The zero-order chi connectivity index (χ0) is 18.0. The molecule has 1 aromatic carbocycles. The summed E-state index contributed by atoms with van der Waals surface area (Å²) < 4.78 is 0. The summed E-state index contributed by atoms with van der Waals surface area (Å²) in [5.41, 5.74) is 1.52. The minimum Gasteiger partial charge on any atom is -0.326 e. The van der Waals surface area contributed by atoms with Crippen molar-refractivity contribution in [3.8, 4) is 0 Å². The van der Waals surface area contributed by atoms with Crippen LogP contribution >= 0.6 is 34.5 Å². The topological polar surface area (TPSA) is 49.4 Å². The number of aryl methyl sites for hydroxylation is 1. The lowest BCUT2D eigenvalue weighted by Gasteiger charge is -2.34. The van der Waals surface area contributed by atoms with Crippen LogP contribution in [0.4, 0.5) is 5.69 Å². The molecule has 2 aromatic rings. The average Bonchev–Trinajstić information content (AvgIpc) is 3.03. The molecule has 2 amide bonds. The SMILES string of the molecule is Cc1ccsc1C(=O)N1CCCCC1C(=O)Nc1ccc(Cl)c(Cl)c1. The van der Waals surface area contributed by atoms with E-state index < -0.39 is 6.04 Å². The molecule has 1 unspecified atom stereocenters. The molecule has 0 aliphatic carbocycles. The lowest BCUT2D eigenvalue weighted by Crippen LogP contribution is -2.50. The van der Waals surface area contributed by atoms with E-state index in [0.717, 1.165) is 18.4 Å². The van der Waals surface area contributed by atoms with Crippen LogP contribution < -0.4 is 5.32 Å². The van der Waals surface area contributed by atoms with E-state index in [1.807, 2.05) is 18.4 Å². The third-order valence-corrected chi connectivity index (χ3v) is 6.05. The summed E-state index contributed by atoms with van der Waals surface area (Å²) in [6.07, 6.45) is 2.49. The highest BCUT2D eigenvalue weighted by Crippen LogP contribution is 2.27. The van der Waals surface area contributed by atoms with Crippen molar-refractivity contribution in [1.82, 2.24) is 4.90 Å². The number of likely N-dealkylation sites (tertiary alicyclic amines) is 1. The standard InChI is InChI=1S/C18H18Cl2N2O2S/c1-11-7-9-25-16(11)18(24)22-8-3-2-4-15(22)17(23)21-12-5-6-13(19)14(20)10-12/h5-7,9-10,15H,2-4,8H2,1H3,(H,21,23). The number of rotatable bonds is 3. The van der Waals surface area contributed by atoms with Crippen LogP contribution in [0.5, 0.6) is 0 Å². The monoisotopic (exact) mass is 396 g/mol. The van der Waals surface area contributed by atoms with Crippen LogP contribution in [-0.2, 0) is 4.79 Å². The van der Waals surface area contributed by atoms with E-state index >= 15 is 0 Å². The molecule has 3 rings (SSSR count). The molecule has 4 nitrogen and oxygen atoms in total. The largest absolute Gasteiger partial charge is 0.326 e. The fourth-order valence-electron chi connectivity index (χ4n) is 2.97. The van der Waals surface area contributed by atoms with Gasteiger partial charge in [-0.2, -0.15) is 0 Å². The molecular weight excluding hydrogens is 379 g/mol. The number of amides is 2. The highest BCUT2D eigenvalue weighted by Gasteiger charge is 2.33. The molecule has 1 atom stereocenters. The Kier molecular flexibility index (Phi) is 5.67. The van der Waals surface area contributed by atoms with Gasteiger partial charge in [0.25, 0.3) is 5.91 Å². The molecule has 1 aliphatic heterocycles. The van der Waals surface area contributed by atoms with Crippen molar-refractivity contribution < 1.29 is 9.59 Å². The van der Waals surface area contributed by atoms with Gasteiger partial charge in [0.05, 0.1) is 14.9 Å². The van der Waals surface area contributed by atoms with Crippen molar-refractivity contribution in [3.63, 3.8) is 0 Å². The third kappa shape index (κ3) is 4.00. The molecule has 25 heavy (non-hydrogen) atoms. The van der Waals surface area contributed by atoms with Crippen molar-refractivity contribution in [1.29, 1.82) is 0 Å². The van der Waals surface area contributed by atoms with Crippen molar-refractivity contribution >= 4 is 52.0 Å². The van der Waals surface area contributed by atoms with Crippen LogP contribution in [0.3, 0.4) is 0 Å². The minimum absolute atomic E-state index is 0.0681. The summed E-state index contributed by atoms with van der Waals surface area (Å²) in [7, 11) is 0. The number of hydrogen-bond donors (Lipinski definition) is 1. The smallest absolute Gasteiger partial charge is 0.264 e. The van der Waals surface area contributed by atoms with Crippen LogP contribution in [0.1, 0.15) is 34.5 Å². The molecule has 1 N–H and O–H groups in total. The molecule has 1 aliphatic rings. The second-order valence-corrected chi connectivity index (χ2v) is 7.79. The Labute approximate surface area is 160 Å². The number of benzene rings is 1. The number of anilines is 1. The Balaban J connectivity index is 1.78. The fraction of sp³-hybridized carbons (Fsp3) is 0.333. The van der Waals surface area contributed by atoms with E-state index in [4.69, 9.17) is 23.2 Å². The zero-order valence-corrected chi connectivity index (χ0v) is 16.0. The van der Waals surface area contributed by atoms with Crippen LogP contribution in [-0.4, -0.2) is 29.3 Å². The molecule has 0 spiro atoms. The van der Waals surface area contributed by atoms with Crippen molar-refractivity contribution in [2.75, 3.05) is 11.9 Å². The first-order valence-electron chi connectivity index (χ1n) is 8.08. The van der Waals surface area contributed by atoms with Crippen molar-refractivity contribution in [2.24, 2.45) is 0 Å². The van der Waals surface area contributed by atoms with Gasteiger partial charge in [-0.15, -0.1) is 11.3 Å². The molecule has 132 valence electrons. The van der Waals surface area contributed by atoms with Gasteiger partial charge >= 0.3 is 0 Å². The Hall–Kier alpha value is -1.56. The molecule has 7 heteroatoms. The molecule has 0 saturated carbocycles. The van der Waals surface area contributed by atoms with Crippen molar-refractivity contribution in [2.45, 2.75) is 32.2 Å². The first-order valence-corrected chi connectivity index (χ1v) is 9.72. The average molecular weight is 397 g/mol. The van der Waals surface area contributed by atoms with Crippen LogP contribution in [0, 0.1) is 6.92 Å². The molecule has 2 heterocycles. The highest BCUT2D eigenvalue weighted by molar-refractivity contribution is 7.12. The number of carbonyl (C=O) groups excluding carboxylic acids is 2. The second-order valence-electron chi connectivity index (χ2n) is 6.06. The quantitative estimate of drug-likeness (QED) is 0.793. The molecule has 1 fully saturated rings. The van der Waals surface area contributed by atoms with Gasteiger partial charge in [-0.25, -0.2) is 0 Å². The van der Waals surface area contributed by atoms with Crippen LogP contribution in [0.2, 0.25) is 10.0 Å².